The second-order valence-corrected chi connectivity index (χ2v) is 6.52. The van der Waals surface area contributed by atoms with E-state index < -0.39 is 0 Å². The number of hydrogen-bond acceptors (Lipinski definition) is 5. The fourth-order valence-electron chi connectivity index (χ4n) is 3.18. The summed E-state index contributed by atoms with van der Waals surface area (Å²) in [6.07, 6.45) is 3.25. The average Bonchev–Trinajstić information content (AvgIpc) is 3.08. The zero-order valence-electron chi connectivity index (χ0n) is 15.3. The minimum atomic E-state index is -0.379. The molecule has 0 amide bonds. The molecule has 0 aromatic heterocycles. The molecule has 2 aromatic rings. The van der Waals surface area contributed by atoms with Gasteiger partial charge in [0.25, 0.3) is 0 Å². The van der Waals surface area contributed by atoms with Crippen molar-refractivity contribution >= 4 is 17.7 Å². The molecule has 0 aliphatic carbocycles. The van der Waals surface area contributed by atoms with Gasteiger partial charge in [-0.25, -0.2) is 4.79 Å². The Morgan fingerprint density at radius 2 is 2.04 bits per heavy atom. The lowest BCUT2D eigenvalue weighted by molar-refractivity contribution is -0.422. The van der Waals surface area contributed by atoms with Crippen LogP contribution in [0.2, 0.25) is 0 Å². The fourth-order valence-corrected chi connectivity index (χ4v) is 3.18. The number of nitro groups is 1. The van der Waals surface area contributed by atoms with E-state index in [1.807, 2.05) is 36.4 Å². The Kier molecular flexibility index (Phi) is 5.86. The van der Waals surface area contributed by atoms with Crippen LogP contribution in [-0.2, 0) is 11.2 Å². The Labute approximate surface area is 158 Å². The summed E-state index contributed by atoms with van der Waals surface area (Å²) in [5, 5.41) is 10.8. The summed E-state index contributed by atoms with van der Waals surface area (Å²) < 4.78 is 5.32. The molecule has 0 radical (unpaired) electrons. The zero-order chi connectivity index (χ0) is 19.2. The second-order valence-electron chi connectivity index (χ2n) is 6.52. The van der Waals surface area contributed by atoms with E-state index in [1.54, 1.807) is 18.2 Å². The van der Waals surface area contributed by atoms with Crippen LogP contribution in [0.5, 0.6) is 0 Å². The molecule has 0 N–H and O–H groups in total. The molecular formula is C21H22N2O4. The lowest BCUT2D eigenvalue weighted by Crippen LogP contribution is -2.23. The smallest absolute Gasteiger partial charge is 0.338 e. The highest BCUT2D eigenvalue weighted by Gasteiger charge is 2.19. The van der Waals surface area contributed by atoms with Gasteiger partial charge in [-0.2, -0.15) is 0 Å². The van der Waals surface area contributed by atoms with Crippen molar-refractivity contribution < 1.29 is 14.5 Å². The van der Waals surface area contributed by atoms with Crippen LogP contribution in [0.3, 0.4) is 0 Å². The fraction of sp³-hybridized carbons (Fsp3) is 0.286. The number of ether oxygens (including phenoxy) is 1. The molecule has 6 heteroatoms. The molecule has 140 valence electrons. The first-order valence-electron chi connectivity index (χ1n) is 8.97. The van der Waals surface area contributed by atoms with Crippen molar-refractivity contribution in [3.8, 4) is 0 Å². The molecule has 0 spiro atoms. The Bertz CT molecular complexity index is 862. The molecule has 0 saturated carbocycles. The van der Waals surface area contributed by atoms with E-state index in [4.69, 9.17) is 4.74 Å². The molecule has 3 rings (SSSR count). The SMILES string of the molecule is C/C(=C\c1ccc2c(c1)CCN2CCCOC(=O)c1ccccc1)[N+](=O)[O-]. The van der Waals surface area contributed by atoms with E-state index in [-0.39, 0.29) is 16.6 Å². The third-order valence-electron chi connectivity index (χ3n) is 4.57. The topological polar surface area (TPSA) is 72.7 Å². The predicted octanol–water partition coefficient (Wildman–Crippen LogP) is 3.93. The molecular weight excluding hydrogens is 344 g/mol. The van der Waals surface area contributed by atoms with Crippen molar-refractivity contribution in [3.05, 3.63) is 81.0 Å². The van der Waals surface area contributed by atoms with Crippen LogP contribution in [0.1, 0.15) is 34.8 Å². The van der Waals surface area contributed by atoms with Crippen LogP contribution in [0.25, 0.3) is 6.08 Å². The number of rotatable bonds is 7. The highest BCUT2D eigenvalue weighted by atomic mass is 16.6. The Morgan fingerprint density at radius 3 is 2.78 bits per heavy atom. The van der Waals surface area contributed by atoms with E-state index in [9.17, 15) is 14.9 Å². The summed E-state index contributed by atoms with van der Waals surface area (Å²) in [6.45, 7) is 3.58. The summed E-state index contributed by atoms with van der Waals surface area (Å²) in [6, 6.07) is 14.9. The predicted molar refractivity (Wildman–Crippen MR) is 104 cm³/mol. The minimum Gasteiger partial charge on any atom is -0.462 e. The number of carbonyl (C=O) groups excluding carboxylic acids is 1. The molecule has 0 fully saturated rings. The number of hydrogen-bond donors (Lipinski definition) is 0. The van der Waals surface area contributed by atoms with Crippen LogP contribution in [0, 0.1) is 10.1 Å². The molecule has 0 saturated heterocycles. The monoisotopic (exact) mass is 366 g/mol. The van der Waals surface area contributed by atoms with E-state index in [2.05, 4.69) is 4.90 Å². The summed E-state index contributed by atoms with van der Waals surface area (Å²) in [5.74, 6) is -0.296. The molecule has 6 nitrogen and oxygen atoms in total. The van der Waals surface area contributed by atoms with Gasteiger partial charge < -0.3 is 9.64 Å². The zero-order valence-corrected chi connectivity index (χ0v) is 15.3. The van der Waals surface area contributed by atoms with Crippen LogP contribution < -0.4 is 4.90 Å². The maximum atomic E-state index is 11.9. The van der Waals surface area contributed by atoms with Crippen LogP contribution in [0.4, 0.5) is 5.69 Å². The highest BCUT2D eigenvalue weighted by molar-refractivity contribution is 5.89. The van der Waals surface area contributed by atoms with Crippen molar-refractivity contribution in [1.29, 1.82) is 0 Å². The summed E-state index contributed by atoms with van der Waals surface area (Å²) in [5.41, 5.74) is 3.89. The van der Waals surface area contributed by atoms with Crippen molar-refractivity contribution in [1.82, 2.24) is 0 Å². The minimum absolute atomic E-state index is 0.130. The van der Waals surface area contributed by atoms with Crippen molar-refractivity contribution in [2.24, 2.45) is 0 Å². The Hall–Kier alpha value is -3.15. The molecule has 2 aromatic carbocycles. The number of anilines is 1. The number of benzene rings is 2. The Balaban J connectivity index is 1.52. The van der Waals surface area contributed by atoms with Crippen molar-refractivity contribution in [2.45, 2.75) is 19.8 Å². The van der Waals surface area contributed by atoms with Crippen LogP contribution in [-0.4, -0.2) is 30.6 Å². The van der Waals surface area contributed by atoms with Gasteiger partial charge >= 0.3 is 5.97 Å². The van der Waals surface area contributed by atoms with Gasteiger partial charge in [0.2, 0.25) is 5.70 Å². The lowest BCUT2D eigenvalue weighted by Gasteiger charge is -2.19. The normalized spacial score (nSPS) is 13.4. The van der Waals surface area contributed by atoms with Crippen molar-refractivity contribution in [3.63, 3.8) is 0 Å². The molecule has 0 atom stereocenters. The molecule has 1 aliphatic rings. The molecule has 0 unspecified atom stereocenters. The van der Waals surface area contributed by atoms with E-state index in [0.717, 1.165) is 37.2 Å². The van der Waals surface area contributed by atoms with E-state index in [1.165, 1.54) is 12.5 Å². The number of fused-ring (bicyclic) bond motifs is 1. The highest BCUT2D eigenvalue weighted by Crippen LogP contribution is 2.29. The third-order valence-corrected chi connectivity index (χ3v) is 4.57. The molecule has 1 aliphatic heterocycles. The van der Waals surface area contributed by atoms with Gasteiger partial charge in [-0.3, -0.25) is 10.1 Å². The summed E-state index contributed by atoms with van der Waals surface area (Å²) in [7, 11) is 0. The average molecular weight is 366 g/mol. The third kappa shape index (κ3) is 4.73. The quantitative estimate of drug-likeness (QED) is 0.321. The Morgan fingerprint density at radius 1 is 1.26 bits per heavy atom. The molecule has 1 heterocycles. The number of nitrogens with zero attached hydrogens (tertiary/aromatic N) is 2. The van der Waals surface area contributed by atoms with Gasteiger partial charge in [0.05, 0.1) is 17.1 Å². The number of allylic oxidation sites excluding steroid dienone is 1. The first-order chi connectivity index (χ1) is 13.0. The summed E-state index contributed by atoms with van der Waals surface area (Å²) in [4.78, 5) is 24.6. The van der Waals surface area contributed by atoms with Gasteiger partial charge in [0.1, 0.15) is 0 Å². The molecule has 27 heavy (non-hydrogen) atoms. The maximum absolute atomic E-state index is 11.9. The van der Waals surface area contributed by atoms with E-state index >= 15 is 0 Å². The van der Waals surface area contributed by atoms with Crippen molar-refractivity contribution in [2.75, 3.05) is 24.6 Å². The van der Waals surface area contributed by atoms with Crippen LogP contribution >= 0.6 is 0 Å². The van der Waals surface area contributed by atoms with Gasteiger partial charge in [0.15, 0.2) is 0 Å². The summed E-state index contributed by atoms with van der Waals surface area (Å²) >= 11 is 0. The number of esters is 1. The van der Waals surface area contributed by atoms with Gasteiger partial charge in [0, 0.05) is 31.8 Å². The van der Waals surface area contributed by atoms with Gasteiger partial charge in [-0.15, -0.1) is 0 Å². The first kappa shape index (κ1) is 18.6. The van der Waals surface area contributed by atoms with E-state index in [0.29, 0.717) is 12.2 Å². The van der Waals surface area contributed by atoms with Crippen LogP contribution in [0.15, 0.2) is 54.2 Å². The standard InChI is InChI=1S/C21H22N2O4/c1-16(23(25)26)14-17-8-9-20-19(15-17)10-12-22(20)11-5-13-27-21(24)18-6-3-2-4-7-18/h2-4,6-9,14-15H,5,10-13H2,1H3/b16-14+. The first-order valence-corrected chi connectivity index (χ1v) is 8.97. The second kappa shape index (κ2) is 8.49. The number of carbonyl (C=O) groups is 1. The van der Waals surface area contributed by atoms with Gasteiger partial charge in [-0.1, -0.05) is 24.3 Å². The maximum Gasteiger partial charge on any atom is 0.338 e. The van der Waals surface area contributed by atoms with Gasteiger partial charge in [-0.05, 0) is 48.2 Å². The molecule has 0 bridgehead atoms. The largest absolute Gasteiger partial charge is 0.462 e. The lowest BCUT2D eigenvalue weighted by atomic mass is 10.1.